The molecule has 4 rings (SSSR count). The molecule has 4 aromatic rings. The van der Waals surface area contributed by atoms with Crippen LogP contribution in [0.4, 0.5) is 0 Å². The summed E-state index contributed by atoms with van der Waals surface area (Å²) < 4.78 is 4.95. The van der Waals surface area contributed by atoms with Gasteiger partial charge in [-0.1, -0.05) is 42.0 Å². The Morgan fingerprint density at radius 2 is 1.68 bits per heavy atom. The Bertz CT molecular complexity index is 989. The van der Waals surface area contributed by atoms with Crippen molar-refractivity contribution >= 4 is 65.1 Å². The van der Waals surface area contributed by atoms with Gasteiger partial charge in [-0.25, -0.2) is 0 Å². The maximum atomic E-state index is 5.63. The van der Waals surface area contributed by atoms with Crippen LogP contribution in [0.25, 0.3) is 30.3 Å². The van der Waals surface area contributed by atoms with Crippen molar-refractivity contribution in [1.82, 2.24) is 0 Å². The third-order valence-electron chi connectivity index (χ3n) is 3.38. The van der Waals surface area contributed by atoms with E-state index in [1.54, 1.807) is 11.3 Å². The van der Waals surface area contributed by atoms with Crippen LogP contribution in [0.3, 0.4) is 0 Å². The molecule has 0 aliphatic carbocycles. The lowest BCUT2D eigenvalue weighted by molar-refractivity contribution is 1.52. The Morgan fingerprint density at radius 3 is 2.58 bits per heavy atom. The van der Waals surface area contributed by atoms with E-state index in [9.17, 15) is 0 Å². The Labute approximate surface area is 123 Å². The van der Waals surface area contributed by atoms with E-state index in [1.807, 2.05) is 11.3 Å². The summed E-state index contributed by atoms with van der Waals surface area (Å²) in [5.41, 5.74) is 1.29. The summed E-state index contributed by atoms with van der Waals surface area (Å²) in [4.78, 5) is 0. The van der Waals surface area contributed by atoms with Gasteiger partial charge in [0.1, 0.15) is 0 Å². The van der Waals surface area contributed by atoms with Crippen molar-refractivity contribution in [2.75, 3.05) is 0 Å². The van der Waals surface area contributed by atoms with Crippen LogP contribution in [-0.4, -0.2) is 0 Å². The van der Waals surface area contributed by atoms with Gasteiger partial charge in [-0.2, -0.15) is 0 Å². The molecule has 2 aromatic heterocycles. The van der Waals surface area contributed by atoms with E-state index in [0.29, 0.717) is 0 Å². The highest BCUT2D eigenvalue weighted by Crippen LogP contribution is 2.41. The summed E-state index contributed by atoms with van der Waals surface area (Å²) in [6, 6.07) is 15.2. The van der Waals surface area contributed by atoms with E-state index in [-0.39, 0.29) is 0 Å². The first-order chi connectivity index (χ1) is 9.24. The normalized spacial score (nSPS) is 11.6. The minimum atomic E-state index is 1.01. The van der Waals surface area contributed by atoms with Crippen molar-refractivity contribution in [1.29, 1.82) is 0 Å². The number of hydrogen-bond acceptors (Lipinski definition) is 3. The van der Waals surface area contributed by atoms with Crippen LogP contribution in [-0.2, 0) is 0 Å². The lowest BCUT2D eigenvalue weighted by atomic mass is 10.1. The van der Waals surface area contributed by atoms with Gasteiger partial charge in [0.05, 0.1) is 3.82 Å². The van der Waals surface area contributed by atoms with E-state index >= 15 is 0 Å². The summed E-state index contributed by atoms with van der Waals surface area (Å²) in [7, 11) is 0. The van der Waals surface area contributed by atoms with E-state index in [0.717, 1.165) is 3.82 Å². The molecule has 19 heavy (non-hydrogen) atoms. The molecule has 0 bridgehead atoms. The zero-order chi connectivity index (χ0) is 13.0. The number of thiophene rings is 1. The number of benzene rings is 2. The molecule has 3 heteroatoms. The van der Waals surface area contributed by atoms with Gasteiger partial charge in [0, 0.05) is 30.3 Å². The molecule has 0 atom stereocenters. The van der Waals surface area contributed by atoms with Gasteiger partial charge in [0.2, 0.25) is 0 Å². The first-order valence-electron chi connectivity index (χ1n) is 6.09. The lowest BCUT2D eigenvalue weighted by Crippen LogP contribution is -1.72. The van der Waals surface area contributed by atoms with Crippen molar-refractivity contribution in [2.45, 2.75) is 6.92 Å². The average molecular weight is 298 g/mol. The molecule has 0 saturated heterocycles. The van der Waals surface area contributed by atoms with Crippen LogP contribution < -0.4 is 0 Å². The lowest BCUT2D eigenvalue weighted by Gasteiger charge is -1.98. The van der Waals surface area contributed by atoms with Gasteiger partial charge < -0.3 is 0 Å². The molecule has 0 nitrogen and oxygen atoms in total. The second-order valence-corrected chi connectivity index (χ2v) is 7.46. The minimum Gasteiger partial charge on any atom is -0.134 e. The number of fused-ring (bicyclic) bond motifs is 5. The summed E-state index contributed by atoms with van der Waals surface area (Å²) in [5, 5.41) is 3.91. The van der Waals surface area contributed by atoms with E-state index in [4.69, 9.17) is 12.2 Å². The topological polar surface area (TPSA) is 0 Å². The minimum absolute atomic E-state index is 1.01. The molecule has 2 aromatic carbocycles. The molecule has 0 aliphatic rings. The quantitative estimate of drug-likeness (QED) is 0.343. The second-order valence-electron chi connectivity index (χ2n) is 4.69. The predicted octanol–water partition coefficient (Wildman–Crippen LogP) is 6.31. The maximum Gasteiger partial charge on any atom is 0.0998 e. The first kappa shape index (κ1) is 11.5. The van der Waals surface area contributed by atoms with E-state index in [1.165, 1.54) is 35.8 Å². The summed E-state index contributed by atoms with van der Waals surface area (Å²) >= 11 is 9.20. The molecule has 92 valence electrons. The van der Waals surface area contributed by atoms with Crippen LogP contribution in [0.1, 0.15) is 5.56 Å². The second kappa shape index (κ2) is 4.10. The third kappa shape index (κ3) is 1.66. The zero-order valence-electron chi connectivity index (χ0n) is 10.3. The van der Waals surface area contributed by atoms with E-state index < -0.39 is 0 Å². The van der Waals surface area contributed by atoms with Gasteiger partial charge in [-0.05, 0) is 25.1 Å². The Morgan fingerprint density at radius 1 is 0.895 bits per heavy atom. The van der Waals surface area contributed by atoms with Crippen molar-refractivity contribution in [2.24, 2.45) is 0 Å². The molecule has 0 spiro atoms. The van der Waals surface area contributed by atoms with Crippen LogP contribution in [0.2, 0.25) is 0 Å². The van der Waals surface area contributed by atoms with Crippen molar-refractivity contribution in [3.63, 3.8) is 0 Å². The molecule has 0 N–H and O–H groups in total. The third-order valence-corrected chi connectivity index (χ3v) is 6.01. The van der Waals surface area contributed by atoms with E-state index in [2.05, 4.69) is 49.4 Å². The molecular weight excluding hydrogens is 288 g/mol. The molecule has 0 aliphatic heterocycles. The molecule has 0 fully saturated rings. The van der Waals surface area contributed by atoms with Gasteiger partial charge in [-0.15, -0.1) is 22.7 Å². The monoisotopic (exact) mass is 298 g/mol. The molecule has 0 amide bonds. The highest BCUT2D eigenvalue weighted by atomic mass is 32.1. The fourth-order valence-corrected chi connectivity index (χ4v) is 5.34. The Balaban J connectivity index is 2.38. The Kier molecular flexibility index (Phi) is 2.49. The molecule has 2 heterocycles. The number of hydrogen-bond donors (Lipinski definition) is 0. The predicted molar refractivity (Wildman–Crippen MR) is 90.3 cm³/mol. The first-order valence-corrected chi connectivity index (χ1v) is 8.13. The maximum absolute atomic E-state index is 5.63. The fraction of sp³-hybridized carbons (Fsp3) is 0.0625. The van der Waals surface area contributed by atoms with Gasteiger partial charge in [-0.3, -0.25) is 0 Å². The molecular formula is C16H10S3. The average Bonchev–Trinajstić information content (AvgIpc) is 2.78. The standard InChI is InChI=1S/C16H10S3/c1-9-6-7-13-11(8-9)14-15(18-13)10-4-2-3-5-12(10)19-16(14)17/h2-8H,1H3. The van der Waals surface area contributed by atoms with Crippen molar-refractivity contribution in [3.05, 3.63) is 51.9 Å². The fourth-order valence-electron chi connectivity index (χ4n) is 2.50. The summed E-state index contributed by atoms with van der Waals surface area (Å²) in [5.74, 6) is 0. The zero-order valence-corrected chi connectivity index (χ0v) is 12.7. The van der Waals surface area contributed by atoms with Crippen LogP contribution in [0.5, 0.6) is 0 Å². The summed E-state index contributed by atoms with van der Waals surface area (Å²) in [6.07, 6.45) is 0. The highest BCUT2D eigenvalue weighted by molar-refractivity contribution is 7.74. The van der Waals surface area contributed by atoms with Gasteiger partial charge in [0.25, 0.3) is 0 Å². The van der Waals surface area contributed by atoms with Crippen molar-refractivity contribution in [3.8, 4) is 0 Å². The molecule has 0 radical (unpaired) electrons. The van der Waals surface area contributed by atoms with Crippen LogP contribution in [0.15, 0.2) is 42.5 Å². The molecule has 0 unspecified atom stereocenters. The van der Waals surface area contributed by atoms with Gasteiger partial charge in [0.15, 0.2) is 0 Å². The molecule has 0 saturated carbocycles. The highest BCUT2D eigenvalue weighted by Gasteiger charge is 2.10. The van der Waals surface area contributed by atoms with Gasteiger partial charge >= 0.3 is 0 Å². The number of rotatable bonds is 0. The van der Waals surface area contributed by atoms with Crippen LogP contribution >= 0.6 is 34.9 Å². The smallest absolute Gasteiger partial charge is 0.0998 e. The van der Waals surface area contributed by atoms with Crippen molar-refractivity contribution < 1.29 is 0 Å². The Hall–Kier alpha value is -1.29. The summed E-state index contributed by atoms with van der Waals surface area (Å²) in [6.45, 7) is 2.14. The van der Waals surface area contributed by atoms with Crippen LogP contribution in [0, 0.1) is 10.7 Å². The largest absolute Gasteiger partial charge is 0.134 e. The SMILES string of the molecule is Cc1ccc2sc3c4ccccc4sc(=S)c3c2c1. The number of aryl methyl sites for hydroxylation is 1.